The van der Waals surface area contributed by atoms with Gasteiger partial charge in [-0.15, -0.1) is 0 Å². The predicted octanol–water partition coefficient (Wildman–Crippen LogP) is 3.76. The maximum Gasteiger partial charge on any atom is 0.261 e. The van der Waals surface area contributed by atoms with Crippen LogP contribution in [0.25, 0.3) is 11.3 Å². The Balaban J connectivity index is 0.000000623. The van der Waals surface area contributed by atoms with Gasteiger partial charge in [0.15, 0.2) is 5.82 Å². The van der Waals surface area contributed by atoms with E-state index in [-0.39, 0.29) is 17.2 Å². The molecular weight excluding hydrogens is 549 g/mol. The van der Waals surface area contributed by atoms with E-state index in [1.807, 2.05) is 4.90 Å². The van der Waals surface area contributed by atoms with Crippen molar-refractivity contribution in [3.8, 4) is 11.3 Å². The molecule has 0 spiro atoms. The number of anilines is 3. The van der Waals surface area contributed by atoms with Crippen molar-refractivity contribution in [1.29, 1.82) is 0 Å². The number of hydrogen-bond acceptors (Lipinski definition) is 8. The first-order valence-corrected chi connectivity index (χ1v) is 14.9. The summed E-state index contributed by atoms with van der Waals surface area (Å²) in [6.45, 7) is 2.59. The maximum absolute atomic E-state index is 14.3. The normalized spacial score (nSPS) is 16.6. The van der Waals surface area contributed by atoms with E-state index in [2.05, 4.69) is 63.4 Å². The first-order chi connectivity index (χ1) is 19.6. The summed E-state index contributed by atoms with van der Waals surface area (Å²) < 4.78 is 47.8. The van der Waals surface area contributed by atoms with Crippen molar-refractivity contribution >= 4 is 27.4 Å². The van der Waals surface area contributed by atoms with E-state index in [1.54, 1.807) is 7.05 Å². The summed E-state index contributed by atoms with van der Waals surface area (Å²) in [6.07, 6.45) is 4.21. The molecule has 2 aliphatic heterocycles. The number of hydrogen-bond donors (Lipinski definition) is 1. The molecule has 2 aromatic heterocycles. The Morgan fingerprint density at radius 3 is 2.54 bits per heavy atom. The summed E-state index contributed by atoms with van der Waals surface area (Å²) in [5, 5.41) is 0. The molecule has 6 rings (SSSR count). The maximum atomic E-state index is 14.3. The SMILES string of the molecule is CS(=O)(=O)O.Cn1c(N2CCO[C@@H](c3ccc(N4CCc5ccccc54)cc3)C2)nc(-c2ccncc2F)cc1=O. The highest BCUT2D eigenvalue weighted by molar-refractivity contribution is 7.85. The van der Waals surface area contributed by atoms with Crippen molar-refractivity contribution in [2.75, 3.05) is 42.3 Å². The first kappa shape index (κ1) is 28.4. The molecule has 0 bridgehead atoms. The van der Waals surface area contributed by atoms with Gasteiger partial charge in [0.2, 0.25) is 5.95 Å². The minimum absolute atomic E-state index is 0.170. The Labute approximate surface area is 237 Å². The molecular formula is C29H30FN5O5S. The monoisotopic (exact) mass is 579 g/mol. The van der Waals surface area contributed by atoms with Gasteiger partial charge >= 0.3 is 0 Å². The number of nitrogens with zero attached hydrogens (tertiary/aromatic N) is 5. The molecule has 1 N–H and O–H groups in total. The molecule has 0 aliphatic carbocycles. The van der Waals surface area contributed by atoms with Gasteiger partial charge in [0.25, 0.3) is 15.7 Å². The fourth-order valence-corrected chi connectivity index (χ4v) is 5.04. The molecule has 4 heterocycles. The summed E-state index contributed by atoms with van der Waals surface area (Å²) in [6, 6.07) is 19.9. The van der Waals surface area contributed by atoms with Gasteiger partial charge in [-0.2, -0.15) is 8.42 Å². The van der Waals surface area contributed by atoms with Crippen LogP contribution in [0.5, 0.6) is 0 Å². The molecule has 10 nitrogen and oxygen atoms in total. The van der Waals surface area contributed by atoms with E-state index in [0.29, 0.717) is 37.6 Å². The van der Waals surface area contributed by atoms with Gasteiger partial charge in [-0.25, -0.2) is 9.37 Å². The highest BCUT2D eigenvalue weighted by atomic mass is 32.2. The van der Waals surface area contributed by atoms with Crippen LogP contribution in [0.3, 0.4) is 0 Å². The van der Waals surface area contributed by atoms with Crippen molar-refractivity contribution < 1.29 is 22.1 Å². The lowest BCUT2D eigenvalue weighted by atomic mass is 10.1. The molecule has 1 saturated heterocycles. The number of para-hydroxylation sites is 1. The molecule has 41 heavy (non-hydrogen) atoms. The van der Waals surface area contributed by atoms with E-state index < -0.39 is 15.9 Å². The van der Waals surface area contributed by atoms with Crippen LogP contribution in [0, 0.1) is 5.82 Å². The van der Waals surface area contributed by atoms with Crippen LogP contribution in [0.4, 0.5) is 21.7 Å². The van der Waals surface area contributed by atoms with E-state index >= 15 is 0 Å². The quantitative estimate of drug-likeness (QED) is 0.361. The predicted molar refractivity (Wildman–Crippen MR) is 155 cm³/mol. The second kappa shape index (κ2) is 11.8. The number of morpholine rings is 1. The third-order valence-corrected chi connectivity index (χ3v) is 6.97. The highest BCUT2D eigenvalue weighted by Crippen LogP contribution is 2.35. The van der Waals surface area contributed by atoms with Gasteiger partial charge in [0.1, 0.15) is 6.10 Å². The second-order valence-corrected chi connectivity index (χ2v) is 11.3. The molecule has 2 aliphatic rings. The molecule has 12 heteroatoms. The number of pyridine rings is 1. The van der Waals surface area contributed by atoms with Crippen LogP contribution in [-0.2, 0) is 28.3 Å². The van der Waals surface area contributed by atoms with Crippen LogP contribution in [0.1, 0.15) is 17.2 Å². The van der Waals surface area contributed by atoms with Gasteiger partial charge in [0.05, 0.1) is 31.3 Å². The largest absolute Gasteiger partial charge is 0.370 e. The number of benzene rings is 2. The number of halogens is 1. The first-order valence-electron chi connectivity index (χ1n) is 13.0. The third kappa shape index (κ3) is 6.62. The topological polar surface area (TPSA) is 118 Å². The van der Waals surface area contributed by atoms with Crippen molar-refractivity contribution in [2.45, 2.75) is 12.5 Å². The van der Waals surface area contributed by atoms with E-state index in [1.165, 1.54) is 34.1 Å². The third-order valence-electron chi connectivity index (χ3n) is 6.97. The summed E-state index contributed by atoms with van der Waals surface area (Å²) >= 11 is 0. The van der Waals surface area contributed by atoms with Gasteiger partial charge in [-0.1, -0.05) is 30.3 Å². The Hall–Kier alpha value is -4.13. The molecule has 1 fully saturated rings. The van der Waals surface area contributed by atoms with Gasteiger partial charge in [-0.3, -0.25) is 18.9 Å². The number of fused-ring (bicyclic) bond motifs is 1. The summed E-state index contributed by atoms with van der Waals surface area (Å²) in [5.74, 6) is -0.0166. The van der Waals surface area contributed by atoms with Crippen molar-refractivity contribution in [2.24, 2.45) is 7.05 Å². The molecule has 2 aromatic carbocycles. The average Bonchev–Trinajstić information content (AvgIpc) is 3.38. The van der Waals surface area contributed by atoms with Crippen molar-refractivity contribution in [1.82, 2.24) is 14.5 Å². The lowest BCUT2D eigenvalue weighted by Gasteiger charge is -2.34. The summed E-state index contributed by atoms with van der Waals surface area (Å²) in [5.41, 5.74) is 5.18. The standard InChI is InChI=1S/C28H26FN5O2.CH4O3S/c1-32-27(35)16-24(22-10-12-30-17-23(22)29)31-28(32)33-14-15-36-26(18-33)20-6-8-21(9-7-20)34-13-11-19-4-2-3-5-25(19)34;1-5(2,3)4/h2-10,12,16-17,26H,11,13-15,18H2,1H3;1H3,(H,2,3,4)/t26-;/m1./s1. The lowest BCUT2D eigenvalue weighted by molar-refractivity contribution is 0.0390. The molecule has 4 aromatic rings. The smallest absolute Gasteiger partial charge is 0.261 e. The van der Waals surface area contributed by atoms with Crippen molar-refractivity contribution in [3.05, 3.63) is 100 Å². The zero-order valence-corrected chi connectivity index (χ0v) is 23.5. The molecule has 0 amide bonds. The average molecular weight is 580 g/mol. The van der Waals surface area contributed by atoms with Crippen LogP contribution >= 0.6 is 0 Å². The Bertz CT molecular complexity index is 1700. The summed E-state index contributed by atoms with van der Waals surface area (Å²) in [7, 11) is -1.98. The number of ether oxygens (including phenoxy) is 1. The molecule has 0 unspecified atom stereocenters. The molecule has 214 valence electrons. The molecule has 1 atom stereocenters. The lowest BCUT2D eigenvalue weighted by Crippen LogP contribution is -2.41. The second-order valence-electron chi connectivity index (χ2n) is 9.85. The van der Waals surface area contributed by atoms with Crippen molar-refractivity contribution in [3.63, 3.8) is 0 Å². The van der Waals surface area contributed by atoms with Gasteiger partial charge in [0, 0.05) is 49.3 Å². The zero-order chi connectivity index (χ0) is 29.1. The Kier molecular flexibility index (Phi) is 8.15. The molecule has 0 radical (unpaired) electrons. The fraction of sp³-hybridized carbons (Fsp3) is 0.276. The Morgan fingerprint density at radius 1 is 1.07 bits per heavy atom. The Morgan fingerprint density at radius 2 is 1.80 bits per heavy atom. The van der Waals surface area contributed by atoms with Gasteiger partial charge < -0.3 is 14.5 Å². The van der Waals surface area contributed by atoms with Crippen LogP contribution < -0.4 is 15.4 Å². The highest BCUT2D eigenvalue weighted by Gasteiger charge is 2.26. The fourth-order valence-electron chi connectivity index (χ4n) is 5.04. The zero-order valence-electron chi connectivity index (χ0n) is 22.6. The minimum Gasteiger partial charge on any atom is -0.370 e. The van der Waals surface area contributed by atoms with Crippen LogP contribution in [0.15, 0.2) is 77.9 Å². The number of aromatic nitrogens is 3. The van der Waals surface area contributed by atoms with Crippen LogP contribution in [-0.4, -0.2) is 60.0 Å². The number of rotatable bonds is 4. The molecule has 0 saturated carbocycles. The van der Waals surface area contributed by atoms with E-state index in [4.69, 9.17) is 9.29 Å². The van der Waals surface area contributed by atoms with E-state index in [0.717, 1.165) is 30.4 Å². The van der Waals surface area contributed by atoms with Gasteiger partial charge in [-0.05, 0) is 41.8 Å². The minimum atomic E-state index is -3.67. The van der Waals surface area contributed by atoms with Crippen LogP contribution in [0.2, 0.25) is 0 Å². The summed E-state index contributed by atoms with van der Waals surface area (Å²) in [4.78, 5) is 25.5. The van der Waals surface area contributed by atoms with E-state index in [9.17, 15) is 17.6 Å².